The average Bonchev–Trinajstić information content (AvgIpc) is 3.39. The molecule has 0 saturated carbocycles. The first-order valence-corrected chi connectivity index (χ1v) is 10.2. The Morgan fingerprint density at radius 2 is 1.72 bits per heavy atom. The van der Waals surface area contributed by atoms with Crippen LogP contribution in [0.4, 0.5) is 11.4 Å². The molecule has 3 rings (SSSR count). The van der Waals surface area contributed by atoms with Gasteiger partial charge in [-0.3, -0.25) is 14.4 Å². The Bertz CT molecular complexity index is 1050. The lowest BCUT2D eigenvalue weighted by atomic mass is 10.1. The van der Waals surface area contributed by atoms with Gasteiger partial charge >= 0.3 is 0 Å². The Kier molecular flexibility index (Phi) is 6.95. The second-order valence-corrected chi connectivity index (χ2v) is 7.43. The number of allylic oxidation sites excluding steroid dienone is 1. The summed E-state index contributed by atoms with van der Waals surface area (Å²) in [7, 11) is 3.58. The highest BCUT2D eigenvalue weighted by Gasteiger charge is 2.31. The number of fused-ring (bicyclic) bond motifs is 1. The Morgan fingerprint density at radius 3 is 2.28 bits per heavy atom. The fraction of sp³-hybridized carbons (Fsp3) is 0.304. The van der Waals surface area contributed by atoms with Gasteiger partial charge in [0, 0.05) is 26.9 Å². The maximum atomic E-state index is 12.8. The third-order valence-corrected chi connectivity index (χ3v) is 5.22. The average molecular weight is 435 g/mol. The standard InChI is InChI=1S/C23H25N5O4/c1-15(22(31)25-14-16-7-6-12-32-16)26-21(30)11-10-20(29)17(13-24)23-27(2)18-8-4-5-9-19(18)28(23)3/h4-9,12,15H,10-11,14H2,1-3H3,(H,25,31)(H,26,30). The minimum absolute atomic E-state index is 0.0109. The molecule has 0 fully saturated rings. The van der Waals surface area contributed by atoms with Crippen molar-refractivity contribution in [2.75, 3.05) is 23.9 Å². The van der Waals surface area contributed by atoms with Crippen LogP contribution in [0.5, 0.6) is 0 Å². The summed E-state index contributed by atoms with van der Waals surface area (Å²) in [5.74, 6) is -0.169. The number of amides is 2. The maximum absolute atomic E-state index is 12.8. The highest BCUT2D eigenvalue weighted by molar-refractivity contribution is 6.03. The molecule has 0 saturated heterocycles. The minimum Gasteiger partial charge on any atom is -0.467 e. The van der Waals surface area contributed by atoms with Crippen molar-refractivity contribution in [1.82, 2.24) is 10.6 Å². The van der Waals surface area contributed by atoms with Crippen LogP contribution in [0.3, 0.4) is 0 Å². The number of benzene rings is 1. The smallest absolute Gasteiger partial charge is 0.242 e. The number of hydrogen-bond donors (Lipinski definition) is 2. The van der Waals surface area contributed by atoms with E-state index in [-0.39, 0.29) is 30.9 Å². The van der Waals surface area contributed by atoms with E-state index < -0.39 is 17.7 Å². The molecular formula is C23H25N5O4. The summed E-state index contributed by atoms with van der Waals surface area (Å²) >= 11 is 0. The molecule has 2 N–H and O–H groups in total. The summed E-state index contributed by atoms with van der Waals surface area (Å²) in [4.78, 5) is 40.7. The molecule has 2 heterocycles. The highest BCUT2D eigenvalue weighted by atomic mass is 16.3. The van der Waals surface area contributed by atoms with Crippen molar-refractivity contribution in [3.63, 3.8) is 0 Å². The zero-order valence-electron chi connectivity index (χ0n) is 18.2. The Morgan fingerprint density at radius 1 is 1.06 bits per heavy atom. The van der Waals surface area contributed by atoms with Gasteiger partial charge in [-0.2, -0.15) is 5.26 Å². The summed E-state index contributed by atoms with van der Waals surface area (Å²) in [5, 5.41) is 14.9. The van der Waals surface area contributed by atoms with Crippen LogP contribution in [0.25, 0.3) is 0 Å². The molecule has 1 aromatic heterocycles. The van der Waals surface area contributed by atoms with E-state index in [4.69, 9.17) is 4.42 Å². The van der Waals surface area contributed by atoms with Crippen LogP contribution in [-0.4, -0.2) is 37.7 Å². The molecule has 9 heteroatoms. The molecule has 1 aliphatic heterocycles. The Balaban J connectivity index is 1.56. The molecule has 32 heavy (non-hydrogen) atoms. The van der Waals surface area contributed by atoms with Gasteiger partial charge in [0.1, 0.15) is 29.3 Å². The predicted molar refractivity (Wildman–Crippen MR) is 118 cm³/mol. The fourth-order valence-electron chi connectivity index (χ4n) is 3.53. The number of nitriles is 1. The lowest BCUT2D eigenvalue weighted by Crippen LogP contribution is -2.44. The van der Waals surface area contributed by atoms with Crippen molar-refractivity contribution < 1.29 is 18.8 Å². The van der Waals surface area contributed by atoms with E-state index in [1.54, 1.807) is 43.0 Å². The zero-order chi connectivity index (χ0) is 23.3. The van der Waals surface area contributed by atoms with Crippen molar-refractivity contribution in [2.24, 2.45) is 0 Å². The Labute approximate surface area is 186 Å². The lowest BCUT2D eigenvalue weighted by Gasteiger charge is -2.20. The van der Waals surface area contributed by atoms with Gasteiger partial charge in [0.05, 0.1) is 24.2 Å². The molecule has 9 nitrogen and oxygen atoms in total. The molecule has 1 unspecified atom stereocenters. The van der Waals surface area contributed by atoms with Crippen molar-refractivity contribution in [3.05, 3.63) is 59.8 Å². The largest absolute Gasteiger partial charge is 0.467 e. The second kappa shape index (κ2) is 9.83. The molecule has 1 aromatic carbocycles. The normalized spacial score (nSPS) is 13.2. The molecule has 2 aromatic rings. The van der Waals surface area contributed by atoms with Gasteiger partial charge in [-0.15, -0.1) is 0 Å². The van der Waals surface area contributed by atoms with E-state index in [0.29, 0.717) is 11.6 Å². The number of hydrogen-bond acceptors (Lipinski definition) is 7. The van der Waals surface area contributed by atoms with Gasteiger partial charge in [0.2, 0.25) is 11.8 Å². The van der Waals surface area contributed by atoms with Crippen LogP contribution >= 0.6 is 0 Å². The van der Waals surface area contributed by atoms with Crippen LogP contribution in [0, 0.1) is 11.3 Å². The minimum atomic E-state index is -0.775. The third kappa shape index (κ3) is 4.81. The summed E-state index contributed by atoms with van der Waals surface area (Å²) in [6.07, 6.45) is 1.23. The second-order valence-electron chi connectivity index (χ2n) is 7.43. The van der Waals surface area contributed by atoms with Crippen molar-refractivity contribution in [1.29, 1.82) is 5.26 Å². The van der Waals surface area contributed by atoms with Gasteiger partial charge in [0.25, 0.3) is 0 Å². The van der Waals surface area contributed by atoms with Gasteiger partial charge < -0.3 is 24.9 Å². The molecule has 0 aliphatic carbocycles. The van der Waals surface area contributed by atoms with Gasteiger partial charge in [-0.05, 0) is 31.2 Å². The van der Waals surface area contributed by atoms with E-state index in [1.165, 1.54) is 6.26 Å². The first-order valence-electron chi connectivity index (χ1n) is 10.2. The number of nitrogens with one attached hydrogen (secondary N) is 2. The number of furan rings is 1. The number of nitrogens with zero attached hydrogens (tertiary/aromatic N) is 3. The number of para-hydroxylation sites is 2. The van der Waals surface area contributed by atoms with E-state index in [9.17, 15) is 19.6 Å². The molecule has 0 bridgehead atoms. The zero-order valence-corrected chi connectivity index (χ0v) is 18.2. The topological polar surface area (TPSA) is 119 Å². The van der Waals surface area contributed by atoms with Crippen LogP contribution in [0.15, 0.2) is 58.5 Å². The summed E-state index contributed by atoms with van der Waals surface area (Å²) in [5.41, 5.74) is 1.76. The molecular weight excluding hydrogens is 410 g/mol. The van der Waals surface area contributed by atoms with Crippen LogP contribution in [0.2, 0.25) is 0 Å². The van der Waals surface area contributed by atoms with Crippen molar-refractivity contribution in [2.45, 2.75) is 32.4 Å². The first kappa shape index (κ1) is 22.6. The number of ketones is 1. The quantitative estimate of drug-likeness (QED) is 0.481. The molecule has 2 amide bonds. The summed E-state index contributed by atoms with van der Waals surface area (Å²) in [6, 6.07) is 12.3. The lowest BCUT2D eigenvalue weighted by molar-refractivity contribution is -0.129. The highest BCUT2D eigenvalue weighted by Crippen LogP contribution is 2.40. The summed E-state index contributed by atoms with van der Waals surface area (Å²) < 4.78 is 5.14. The monoisotopic (exact) mass is 435 g/mol. The van der Waals surface area contributed by atoms with E-state index >= 15 is 0 Å². The maximum Gasteiger partial charge on any atom is 0.242 e. The van der Waals surface area contributed by atoms with Crippen LogP contribution < -0.4 is 20.4 Å². The van der Waals surface area contributed by atoms with Crippen LogP contribution in [0.1, 0.15) is 25.5 Å². The molecule has 166 valence electrons. The molecule has 0 spiro atoms. The van der Waals surface area contributed by atoms with Crippen molar-refractivity contribution in [3.8, 4) is 6.07 Å². The van der Waals surface area contributed by atoms with Gasteiger partial charge in [-0.25, -0.2) is 0 Å². The molecule has 0 radical (unpaired) electrons. The number of Topliss-reactive ketones (excluding diaryl/α,β-unsaturated/α-hetero) is 1. The van der Waals surface area contributed by atoms with Crippen molar-refractivity contribution >= 4 is 29.0 Å². The number of anilines is 2. The predicted octanol–water partition coefficient (Wildman–Crippen LogP) is 2.07. The Hall–Kier alpha value is -4.06. The van der Waals surface area contributed by atoms with Gasteiger partial charge in [-0.1, -0.05) is 12.1 Å². The van der Waals surface area contributed by atoms with E-state index in [0.717, 1.165) is 11.4 Å². The number of rotatable bonds is 8. The molecule has 1 aliphatic rings. The van der Waals surface area contributed by atoms with Gasteiger partial charge in [0.15, 0.2) is 5.78 Å². The number of carbonyl (C=O) groups is 3. The van der Waals surface area contributed by atoms with Crippen LogP contribution in [-0.2, 0) is 20.9 Å². The fourth-order valence-corrected chi connectivity index (χ4v) is 3.53. The summed E-state index contributed by atoms with van der Waals surface area (Å²) in [6.45, 7) is 1.77. The first-order chi connectivity index (χ1) is 15.3. The van der Waals surface area contributed by atoms with E-state index in [2.05, 4.69) is 10.6 Å². The third-order valence-electron chi connectivity index (χ3n) is 5.22. The SMILES string of the molecule is CC(NC(=O)CCC(=O)C(C#N)=C1N(C)c2ccccc2N1C)C(=O)NCc1ccco1. The van der Waals surface area contributed by atoms with E-state index in [1.807, 2.05) is 30.3 Å². The number of carbonyl (C=O) groups excluding carboxylic acids is 3. The molecule has 1 atom stereocenters.